The van der Waals surface area contributed by atoms with Crippen LogP contribution in [0.4, 0.5) is 0 Å². The molecule has 2 aromatic rings. The van der Waals surface area contributed by atoms with E-state index in [1.807, 2.05) is 23.1 Å². The van der Waals surface area contributed by atoms with Gasteiger partial charge in [-0.15, -0.1) is 0 Å². The Morgan fingerprint density at radius 1 is 1.14 bits per heavy atom. The normalized spacial score (nSPS) is 21.5. The molecule has 0 unspecified atom stereocenters. The van der Waals surface area contributed by atoms with Gasteiger partial charge >= 0.3 is 0 Å². The first-order valence-electron chi connectivity index (χ1n) is 9.89. The van der Waals surface area contributed by atoms with Crippen LogP contribution in [0.2, 0.25) is 0 Å². The zero-order chi connectivity index (χ0) is 19.3. The van der Waals surface area contributed by atoms with Crippen molar-refractivity contribution in [2.45, 2.75) is 37.8 Å². The second-order valence-electron chi connectivity index (χ2n) is 7.49. The van der Waals surface area contributed by atoms with Crippen LogP contribution in [0.25, 0.3) is 0 Å². The molecule has 1 aromatic carbocycles. The number of rotatable bonds is 5. The van der Waals surface area contributed by atoms with Crippen molar-refractivity contribution in [3.8, 4) is 0 Å². The number of nitrogens with zero attached hydrogens (tertiary/aromatic N) is 4. The Bertz CT molecular complexity index is 786. The van der Waals surface area contributed by atoms with Crippen LogP contribution in [-0.4, -0.2) is 69.0 Å². The monoisotopic (exact) mass is 382 g/mol. The van der Waals surface area contributed by atoms with Crippen LogP contribution in [0, 0.1) is 0 Å². The van der Waals surface area contributed by atoms with E-state index < -0.39 is 6.04 Å². The predicted octanol–water partition coefficient (Wildman–Crippen LogP) is 0.901. The molecule has 2 N–H and O–H groups in total. The van der Waals surface area contributed by atoms with E-state index in [0.29, 0.717) is 32.1 Å². The highest BCUT2D eigenvalue weighted by atomic mass is 16.2. The molecule has 2 aliphatic heterocycles. The molecule has 148 valence electrons. The van der Waals surface area contributed by atoms with Gasteiger partial charge in [0.25, 0.3) is 0 Å². The lowest BCUT2D eigenvalue weighted by Gasteiger charge is -2.37. The number of aromatic nitrogens is 3. The standard InChI is InChI=1S/C20H26N6O2/c27-18(25-9-6-16(7-10-25)19-22-14-23-24-19)12-17-20(28)21-8-11-26(17)13-15-4-2-1-3-5-15/h1-5,14,16-17H,6-13H2,(H,21,28)(H,22,23,24)/t17-/m0/s1. The van der Waals surface area contributed by atoms with Crippen molar-refractivity contribution in [2.24, 2.45) is 0 Å². The molecule has 0 saturated carbocycles. The first-order valence-corrected chi connectivity index (χ1v) is 9.89. The summed E-state index contributed by atoms with van der Waals surface area (Å²) >= 11 is 0. The summed E-state index contributed by atoms with van der Waals surface area (Å²) in [6.07, 6.45) is 3.48. The number of hydrogen-bond acceptors (Lipinski definition) is 5. The molecule has 2 amide bonds. The van der Waals surface area contributed by atoms with Gasteiger partial charge in [-0.25, -0.2) is 4.98 Å². The van der Waals surface area contributed by atoms with Crippen molar-refractivity contribution in [3.05, 3.63) is 48.0 Å². The molecular weight excluding hydrogens is 356 g/mol. The number of hydrogen-bond donors (Lipinski definition) is 2. The van der Waals surface area contributed by atoms with Crippen LogP contribution < -0.4 is 5.32 Å². The van der Waals surface area contributed by atoms with Gasteiger partial charge in [0.2, 0.25) is 11.8 Å². The van der Waals surface area contributed by atoms with Gasteiger partial charge in [-0.05, 0) is 18.4 Å². The number of nitrogens with one attached hydrogen (secondary N) is 2. The van der Waals surface area contributed by atoms with E-state index in [9.17, 15) is 9.59 Å². The second-order valence-corrected chi connectivity index (χ2v) is 7.49. The van der Waals surface area contributed by atoms with Gasteiger partial charge in [-0.3, -0.25) is 19.6 Å². The molecule has 1 atom stereocenters. The highest BCUT2D eigenvalue weighted by Gasteiger charge is 2.34. The van der Waals surface area contributed by atoms with Gasteiger partial charge in [0.1, 0.15) is 12.2 Å². The smallest absolute Gasteiger partial charge is 0.237 e. The molecule has 8 nitrogen and oxygen atoms in total. The van der Waals surface area contributed by atoms with Crippen LogP contribution >= 0.6 is 0 Å². The Morgan fingerprint density at radius 2 is 1.93 bits per heavy atom. The molecule has 4 rings (SSSR count). The molecule has 2 fully saturated rings. The quantitative estimate of drug-likeness (QED) is 0.801. The number of carbonyl (C=O) groups is 2. The Hall–Kier alpha value is -2.74. The largest absolute Gasteiger partial charge is 0.353 e. The van der Waals surface area contributed by atoms with Gasteiger partial charge < -0.3 is 10.2 Å². The maximum Gasteiger partial charge on any atom is 0.237 e. The number of likely N-dealkylation sites (tertiary alicyclic amines) is 1. The Labute approximate surface area is 164 Å². The van der Waals surface area contributed by atoms with Crippen molar-refractivity contribution in [1.82, 2.24) is 30.3 Å². The van der Waals surface area contributed by atoms with Gasteiger partial charge in [0, 0.05) is 38.6 Å². The van der Waals surface area contributed by atoms with Crippen molar-refractivity contribution >= 4 is 11.8 Å². The number of amides is 2. The number of carbonyl (C=O) groups excluding carboxylic acids is 2. The van der Waals surface area contributed by atoms with Crippen molar-refractivity contribution in [1.29, 1.82) is 0 Å². The number of aromatic amines is 1. The lowest BCUT2D eigenvalue weighted by Crippen LogP contribution is -2.56. The molecular formula is C20H26N6O2. The first-order chi connectivity index (χ1) is 13.7. The molecule has 28 heavy (non-hydrogen) atoms. The molecule has 0 radical (unpaired) electrons. The number of H-pyrrole nitrogens is 1. The zero-order valence-electron chi connectivity index (χ0n) is 15.9. The maximum absolute atomic E-state index is 12.9. The Balaban J connectivity index is 1.35. The second kappa shape index (κ2) is 8.52. The van der Waals surface area contributed by atoms with Crippen molar-refractivity contribution in [3.63, 3.8) is 0 Å². The summed E-state index contributed by atoms with van der Waals surface area (Å²) in [6, 6.07) is 9.68. The van der Waals surface area contributed by atoms with Gasteiger partial charge in [0.15, 0.2) is 0 Å². The minimum atomic E-state index is -0.409. The van der Waals surface area contributed by atoms with E-state index in [-0.39, 0.29) is 18.2 Å². The fourth-order valence-electron chi connectivity index (χ4n) is 4.10. The molecule has 3 heterocycles. The summed E-state index contributed by atoms with van der Waals surface area (Å²) < 4.78 is 0. The summed E-state index contributed by atoms with van der Waals surface area (Å²) in [6.45, 7) is 3.44. The van der Waals surface area contributed by atoms with E-state index in [2.05, 4.69) is 37.5 Å². The first kappa shape index (κ1) is 18.6. The van der Waals surface area contributed by atoms with E-state index in [0.717, 1.165) is 30.8 Å². The topological polar surface area (TPSA) is 94.2 Å². The Kier molecular flexibility index (Phi) is 5.66. The van der Waals surface area contributed by atoms with Crippen molar-refractivity contribution in [2.75, 3.05) is 26.2 Å². The van der Waals surface area contributed by atoms with Gasteiger partial charge in [0.05, 0.1) is 12.5 Å². The number of piperazine rings is 1. The SMILES string of the molecule is O=C1NCCN(Cc2ccccc2)[C@H]1CC(=O)N1CCC(c2ncn[nH]2)CC1. The summed E-state index contributed by atoms with van der Waals surface area (Å²) in [4.78, 5) is 33.6. The average Bonchev–Trinajstić information content (AvgIpc) is 3.26. The average molecular weight is 382 g/mol. The van der Waals surface area contributed by atoms with Gasteiger partial charge in [-0.1, -0.05) is 30.3 Å². The van der Waals surface area contributed by atoms with Crippen LogP contribution in [0.5, 0.6) is 0 Å². The summed E-state index contributed by atoms with van der Waals surface area (Å²) in [5.41, 5.74) is 1.16. The number of piperidine rings is 1. The third-order valence-corrected chi connectivity index (χ3v) is 5.71. The fourth-order valence-corrected chi connectivity index (χ4v) is 4.10. The molecule has 1 aromatic heterocycles. The molecule has 8 heteroatoms. The highest BCUT2D eigenvalue weighted by molar-refractivity contribution is 5.88. The van der Waals surface area contributed by atoms with E-state index in [1.165, 1.54) is 6.33 Å². The van der Waals surface area contributed by atoms with Crippen molar-refractivity contribution < 1.29 is 9.59 Å². The minimum Gasteiger partial charge on any atom is -0.353 e. The predicted molar refractivity (Wildman–Crippen MR) is 103 cm³/mol. The highest BCUT2D eigenvalue weighted by Crippen LogP contribution is 2.26. The molecule has 2 aliphatic rings. The molecule has 0 bridgehead atoms. The van der Waals surface area contributed by atoms with Crippen LogP contribution in [0.1, 0.15) is 36.6 Å². The lowest BCUT2D eigenvalue weighted by atomic mass is 9.95. The maximum atomic E-state index is 12.9. The lowest BCUT2D eigenvalue weighted by molar-refractivity contribution is -0.139. The number of benzene rings is 1. The zero-order valence-corrected chi connectivity index (χ0v) is 15.9. The summed E-state index contributed by atoms with van der Waals surface area (Å²) in [7, 11) is 0. The summed E-state index contributed by atoms with van der Waals surface area (Å²) in [5, 5.41) is 9.75. The van der Waals surface area contributed by atoms with Crippen LogP contribution in [-0.2, 0) is 16.1 Å². The van der Waals surface area contributed by atoms with E-state index in [4.69, 9.17) is 0 Å². The van der Waals surface area contributed by atoms with E-state index >= 15 is 0 Å². The third kappa shape index (κ3) is 4.22. The van der Waals surface area contributed by atoms with Crippen LogP contribution in [0.3, 0.4) is 0 Å². The summed E-state index contributed by atoms with van der Waals surface area (Å²) in [5.74, 6) is 1.22. The van der Waals surface area contributed by atoms with Gasteiger partial charge in [-0.2, -0.15) is 5.10 Å². The molecule has 0 spiro atoms. The van der Waals surface area contributed by atoms with E-state index in [1.54, 1.807) is 0 Å². The molecule has 2 saturated heterocycles. The molecule has 0 aliphatic carbocycles. The van der Waals surface area contributed by atoms with Crippen LogP contribution in [0.15, 0.2) is 36.7 Å². The fraction of sp³-hybridized carbons (Fsp3) is 0.500. The third-order valence-electron chi connectivity index (χ3n) is 5.71. The Morgan fingerprint density at radius 3 is 2.64 bits per heavy atom. The minimum absolute atomic E-state index is 0.0490.